The second-order valence-electron chi connectivity index (χ2n) is 5.11. The van der Waals surface area contributed by atoms with Crippen LogP contribution in [0.25, 0.3) is 0 Å². The van der Waals surface area contributed by atoms with Crippen LogP contribution in [0.1, 0.15) is 22.9 Å². The Morgan fingerprint density at radius 3 is 2.75 bits per heavy atom. The summed E-state index contributed by atoms with van der Waals surface area (Å²) in [4.78, 5) is 2.23. The Kier molecular flexibility index (Phi) is 4.81. The van der Waals surface area contributed by atoms with Crippen molar-refractivity contribution >= 4 is 11.6 Å². The van der Waals surface area contributed by atoms with Gasteiger partial charge in [0.1, 0.15) is 0 Å². The maximum absolute atomic E-state index is 6.03. The van der Waals surface area contributed by atoms with Crippen LogP contribution in [-0.4, -0.2) is 28.3 Å². The lowest BCUT2D eigenvalue weighted by molar-refractivity contribution is 0.241. The number of aromatic nitrogens is 2. The minimum Gasteiger partial charge on any atom is -0.329 e. The first-order valence-electron chi connectivity index (χ1n) is 6.66. The van der Waals surface area contributed by atoms with Gasteiger partial charge in [0.05, 0.1) is 12.2 Å². The molecule has 4 nitrogen and oxygen atoms in total. The molecule has 2 rings (SSSR count). The summed E-state index contributed by atoms with van der Waals surface area (Å²) in [5.41, 5.74) is 9.47. The van der Waals surface area contributed by atoms with E-state index in [1.165, 1.54) is 11.1 Å². The zero-order valence-corrected chi connectivity index (χ0v) is 12.9. The molecule has 0 aliphatic rings. The molecule has 20 heavy (non-hydrogen) atoms. The smallest absolute Gasteiger partial charge is 0.0540 e. The first-order chi connectivity index (χ1) is 9.52. The van der Waals surface area contributed by atoms with Gasteiger partial charge in [0.2, 0.25) is 0 Å². The van der Waals surface area contributed by atoms with Crippen LogP contribution in [0, 0.1) is 6.92 Å². The quantitative estimate of drug-likeness (QED) is 0.921. The van der Waals surface area contributed by atoms with Crippen molar-refractivity contribution < 1.29 is 0 Å². The highest BCUT2D eigenvalue weighted by Crippen LogP contribution is 2.23. The Bertz CT molecular complexity index is 579. The molecule has 0 saturated heterocycles. The summed E-state index contributed by atoms with van der Waals surface area (Å²) in [5, 5.41) is 5.06. The van der Waals surface area contributed by atoms with Crippen LogP contribution in [0.5, 0.6) is 0 Å². The Hall–Kier alpha value is -1.36. The minimum absolute atomic E-state index is 0.155. The van der Waals surface area contributed by atoms with E-state index in [4.69, 9.17) is 17.3 Å². The van der Waals surface area contributed by atoms with Crippen molar-refractivity contribution in [2.24, 2.45) is 12.8 Å². The van der Waals surface area contributed by atoms with E-state index >= 15 is 0 Å². The Morgan fingerprint density at radius 2 is 2.20 bits per heavy atom. The van der Waals surface area contributed by atoms with Crippen LogP contribution in [0.4, 0.5) is 0 Å². The standard InChI is InChI=1S/C15H21ClN4/c1-11-14(9-18-20(11)3)15(8-17)19(2)10-12-5-4-6-13(16)7-12/h4-7,9,15H,8,10,17H2,1-3H3. The number of nitrogens with two attached hydrogens (primary N) is 1. The van der Waals surface area contributed by atoms with Gasteiger partial charge in [-0.2, -0.15) is 5.10 Å². The van der Waals surface area contributed by atoms with E-state index < -0.39 is 0 Å². The molecule has 0 bridgehead atoms. The first-order valence-corrected chi connectivity index (χ1v) is 7.04. The number of hydrogen-bond acceptors (Lipinski definition) is 3. The van der Waals surface area contributed by atoms with Gasteiger partial charge in [-0.15, -0.1) is 0 Å². The number of likely N-dealkylation sites (N-methyl/N-ethyl adjacent to an activating group) is 1. The highest BCUT2D eigenvalue weighted by atomic mass is 35.5. The van der Waals surface area contributed by atoms with Gasteiger partial charge in [-0.25, -0.2) is 0 Å². The molecule has 0 radical (unpaired) electrons. The highest BCUT2D eigenvalue weighted by molar-refractivity contribution is 6.30. The maximum atomic E-state index is 6.03. The van der Waals surface area contributed by atoms with Crippen LogP contribution >= 0.6 is 11.6 Å². The van der Waals surface area contributed by atoms with Gasteiger partial charge in [0.25, 0.3) is 0 Å². The van der Waals surface area contributed by atoms with Gasteiger partial charge in [-0.1, -0.05) is 23.7 Å². The third kappa shape index (κ3) is 3.20. The van der Waals surface area contributed by atoms with Crippen LogP contribution in [-0.2, 0) is 13.6 Å². The van der Waals surface area contributed by atoms with E-state index in [1.807, 2.05) is 36.1 Å². The predicted molar refractivity (Wildman–Crippen MR) is 82.7 cm³/mol. The van der Waals surface area contributed by atoms with E-state index in [2.05, 4.69) is 30.0 Å². The van der Waals surface area contributed by atoms with E-state index in [9.17, 15) is 0 Å². The summed E-state index contributed by atoms with van der Waals surface area (Å²) in [5.74, 6) is 0. The van der Waals surface area contributed by atoms with Crippen molar-refractivity contribution in [2.45, 2.75) is 19.5 Å². The maximum Gasteiger partial charge on any atom is 0.0540 e. The van der Waals surface area contributed by atoms with Gasteiger partial charge in [-0.3, -0.25) is 9.58 Å². The summed E-state index contributed by atoms with van der Waals surface area (Å²) < 4.78 is 1.88. The molecule has 1 unspecified atom stereocenters. The summed E-state index contributed by atoms with van der Waals surface area (Å²) in [6.45, 7) is 3.43. The van der Waals surface area contributed by atoms with Gasteiger partial charge in [-0.05, 0) is 31.7 Å². The first kappa shape index (κ1) is 15.0. The fraction of sp³-hybridized carbons (Fsp3) is 0.400. The molecular weight excluding hydrogens is 272 g/mol. The van der Waals surface area contributed by atoms with Gasteiger partial charge in [0, 0.05) is 36.4 Å². The van der Waals surface area contributed by atoms with Crippen LogP contribution in [0.2, 0.25) is 5.02 Å². The molecule has 5 heteroatoms. The minimum atomic E-state index is 0.155. The Morgan fingerprint density at radius 1 is 1.45 bits per heavy atom. The zero-order valence-electron chi connectivity index (χ0n) is 12.2. The summed E-state index contributed by atoms with van der Waals surface area (Å²) in [7, 11) is 4.02. The Labute approximate surface area is 125 Å². The molecule has 0 spiro atoms. The van der Waals surface area contributed by atoms with Crippen molar-refractivity contribution in [3.8, 4) is 0 Å². The average molecular weight is 293 g/mol. The number of benzene rings is 1. The topological polar surface area (TPSA) is 47.1 Å². The monoisotopic (exact) mass is 292 g/mol. The Balaban J connectivity index is 2.17. The lowest BCUT2D eigenvalue weighted by Gasteiger charge is -2.27. The van der Waals surface area contributed by atoms with Crippen molar-refractivity contribution in [3.05, 3.63) is 52.3 Å². The fourth-order valence-electron chi connectivity index (χ4n) is 2.42. The lowest BCUT2D eigenvalue weighted by Crippen LogP contribution is -2.30. The fourth-order valence-corrected chi connectivity index (χ4v) is 2.63. The third-order valence-electron chi connectivity index (χ3n) is 3.71. The van der Waals surface area contributed by atoms with Gasteiger partial charge in [0.15, 0.2) is 0 Å². The number of hydrogen-bond donors (Lipinski definition) is 1. The second-order valence-corrected chi connectivity index (χ2v) is 5.54. The van der Waals surface area contributed by atoms with Crippen LogP contribution in [0.15, 0.2) is 30.5 Å². The van der Waals surface area contributed by atoms with Crippen molar-refractivity contribution in [1.82, 2.24) is 14.7 Å². The number of rotatable bonds is 5. The van der Waals surface area contributed by atoms with Crippen molar-refractivity contribution in [3.63, 3.8) is 0 Å². The second kappa shape index (κ2) is 6.39. The number of aryl methyl sites for hydroxylation is 1. The zero-order chi connectivity index (χ0) is 14.7. The third-order valence-corrected chi connectivity index (χ3v) is 3.94. The van der Waals surface area contributed by atoms with Crippen LogP contribution in [0.3, 0.4) is 0 Å². The molecule has 0 saturated carbocycles. The molecule has 1 aromatic carbocycles. The molecule has 108 valence electrons. The van der Waals surface area contributed by atoms with Crippen molar-refractivity contribution in [2.75, 3.05) is 13.6 Å². The molecule has 1 aromatic heterocycles. The summed E-state index contributed by atoms with van der Waals surface area (Å²) in [6.07, 6.45) is 1.90. The molecule has 0 fully saturated rings. The van der Waals surface area contributed by atoms with Crippen LogP contribution < -0.4 is 5.73 Å². The van der Waals surface area contributed by atoms with Crippen molar-refractivity contribution in [1.29, 1.82) is 0 Å². The molecule has 1 atom stereocenters. The van der Waals surface area contributed by atoms with Gasteiger partial charge >= 0.3 is 0 Å². The van der Waals surface area contributed by atoms with E-state index in [0.29, 0.717) is 6.54 Å². The summed E-state index contributed by atoms with van der Waals surface area (Å²) >= 11 is 6.03. The van der Waals surface area contributed by atoms with Gasteiger partial charge < -0.3 is 5.73 Å². The molecular formula is C15H21ClN4. The van der Waals surface area contributed by atoms with E-state index in [1.54, 1.807) is 0 Å². The number of nitrogens with zero attached hydrogens (tertiary/aromatic N) is 3. The average Bonchev–Trinajstić information content (AvgIpc) is 2.72. The number of halogens is 1. The molecule has 0 amide bonds. The molecule has 2 aromatic rings. The lowest BCUT2D eigenvalue weighted by atomic mass is 10.1. The SMILES string of the molecule is Cc1c(C(CN)N(C)Cc2cccc(Cl)c2)cnn1C. The normalized spacial score (nSPS) is 12.9. The van der Waals surface area contributed by atoms with E-state index in [0.717, 1.165) is 17.3 Å². The molecule has 1 heterocycles. The largest absolute Gasteiger partial charge is 0.329 e. The highest BCUT2D eigenvalue weighted by Gasteiger charge is 2.20. The summed E-state index contributed by atoms with van der Waals surface area (Å²) in [6, 6.07) is 8.07. The van der Waals surface area contributed by atoms with E-state index in [-0.39, 0.29) is 6.04 Å². The predicted octanol–water partition coefficient (Wildman–Crippen LogP) is 2.51. The molecule has 2 N–H and O–H groups in total. The molecule has 0 aliphatic heterocycles. The molecule has 0 aliphatic carbocycles.